The Kier molecular flexibility index (Phi) is 6.57. The van der Waals surface area contributed by atoms with Gasteiger partial charge in [0.15, 0.2) is 0 Å². The van der Waals surface area contributed by atoms with Crippen LogP contribution >= 0.6 is 50.9 Å². The molecule has 1 unspecified atom stereocenters. The Morgan fingerprint density at radius 2 is 1.94 bits per heavy atom. The molecule has 1 aliphatic heterocycles. The third-order valence-corrected chi connectivity index (χ3v) is 8.29. The molecule has 166 valence electrons. The molecule has 1 aliphatic carbocycles. The molecule has 2 aliphatic rings. The van der Waals surface area contributed by atoms with Crippen molar-refractivity contribution in [3.05, 3.63) is 68.4 Å². The van der Waals surface area contributed by atoms with Gasteiger partial charge in [-0.25, -0.2) is 4.98 Å². The lowest BCUT2D eigenvalue weighted by Crippen LogP contribution is -2.18. The molecule has 0 amide bonds. The molecule has 0 saturated heterocycles. The quantitative estimate of drug-likeness (QED) is 0.338. The molecule has 5 rings (SSSR count). The Labute approximate surface area is 210 Å². The van der Waals surface area contributed by atoms with Gasteiger partial charge in [0.1, 0.15) is 11.2 Å². The van der Waals surface area contributed by atoms with E-state index in [0.717, 1.165) is 40.1 Å². The fourth-order valence-electron chi connectivity index (χ4n) is 4.13. The molecule has 4 nitrogen and oxygen atoms in total. The third kappa shape index (κ3) is 4.23. The molecular weight excluding hydrogens is 527 g/mol. The third-order valence-electron chi connectivity index (χ3n) is 5.98. The average Bonchev–Trinajstić information content (AvgIpc) is 3.33. The van der Waals surface area contributed by atoms with Crippen LogP contribution in [0.5, 0.6) is 0 Å². The fourth-order valence-corrected chi connectivity index (χ4v) is 6.07. The average molecular weight is 550 g/mol. The number of rotatable bonds is 6. The smallest absolute Gasteiger partial charge is 0.146 e. The second kappa shape index (κ2) is 9.41. The summed E-state index contributed by atoms with van der Waals surface area (Å²) in [5, 5.41) is 7.10. The van der Waals surface area contributed by atoms with Gasteiger partial charge in [-0.15, -0.1) is 0 Å². The predicted octanol–water partition coefficient (Wildman–Crippen LogP) is 8.01. The highest BCUT2D eigenvalue weighted by atomic mass is 79.9. The minimum Gasteiger partial charge on any atom is -0.296 e. The van der Waals surface area contributed by atoms with E-state index in [4.69, 9.17) is 28.2 Å². The van der Waals surface area contributed by atoms with Gasteiger partial charge in [-0.2, -0.15) is 5.10 Å². The highest BCUT2D eigenvalue weighted by Gasteiger charge is 2.34. The molecule has 1 aromatic heterocycles. The number of benzene rings is 2. The fraction of sp³-hybridized carbons (Fsp3) is 0.333. The second-order valence-electron chi connectivity index (χ2n) is 8.16. The summed E-state index contributed by atoms with van der Waals surface area (Å²) >= 11 is 18.2. The summed E-state index contributed by atoms with van der Waals surface area (Å²) in [5.74, 6) is 1.43. The summed E-state index contributed by atoms with van der Waals surface area (Å²) in [6, 6.07) is 13.9. The molecule has 8 heteroatoms. The molecule has 1 N–H and O–H groups in total. The normalized spacial score (nSPS) is 18.4. The summed E-state index contributed by atoms with van der Waals surface area (Å²) in [4.78, 5) is 5.18. The molecule has 0 spiro atoms. The Morgan fingerprint density at radius 3 is 2.59 bits per heavy atom. The Morgan fingerprint density at radius 1 is 1.16 bits per heavy atom. The van der Waals surface area contributed by atoms with E-state index in [1.54, 1.807) is 6.07 Å². The largest absolute Gasteiger partial charge is 0.296 e. The lowest BCUT2D eigenvalue weighted by molar-refractivity contribution is 0.417. The number of thioether (sulfide) groups is 1. The lowest BCUT2D eigenvalue weighted by atomic mass is 9.86. The van der Waals surface area contributed by atoms with E-state index < -0.39 is 0 Å². The maximum absolute atomic E-state index is 6.65. The van der Waals surface area contributed by atoms with E-state index >= 15 is 0 Å². The first-order valence-corrected chi connectivity index (χ1v) is 13.3. The van der Waals surface area contributed by atoms with E-state index in [1.165, 1.54) is 30.0 Å². The number of halogens is 3. The molecule has 3 aromatic rings. The predicted molar refractivity (Wildman–Crippen MR) is 139 cm³/mol. The molecule has 0 radical (unpaired) electrons. The zero-order valence-electron chi connectivity index (χ0n) is 17.6. The van der Waals surface area contributed by atoms with Crippen LogP contribution in [-0.4, -0.2) is 14.6 Å². The number of imidazole rings is 1. The van der Waals surface area contributed by atoms with Gasteiger partial charge >= 0.3 is 0 Å². The number of hydrogen-bond acceptors (Lipinski definition) is 4. The van der Waals surface area contributed by atoms with E-state index in [1.807, 2.05) is 23.9 Å². The van der Waals surface area contributed by atoms with Crippen molar-refractivity contribution in [2.75, 3.05) is 0 Å². The monoisotopic (exact) mass is 548 g/mol. The highest BCUT2D eigenvalue weighted by Crippen LogP contribution is 2.43. The number of nitrogens with zero attached hydrogens (tertiary/aromatic N) is 3. The molecule has 1 fully saturated rings. The summed E-state index contributed by atoms with van der Waals surface area (Å²) in [6.07, 6.45) is 5.69. The number of hydrogen-bond donors (Lipinski definition) is 1. The van der Waals surface area contributed by atoms with Crippen molar-refractivity contribution in [1.82, 2.24) is 15.0 Å². The molecule has 32 heavy (non-hydrogen) atoms. The number of nitrogens with one attached hydrogen (secondary N) is 1. The molecule has 2 aromatic carbocycles. The van der Waals surface area contributed by atoms with Crippen LogP contribution in [0.1, 0.15) is 49.4 Å². The van der Waals surface area contributed by atoms with Gasteiger partial charge < -0.3 is 0 Å². The van der Waals surface area contributed by atoms with Crippen LogP contribution in [0, 0.1) is 5.92 Å². The van der Waals surface area contributed by atoms with E-state index in [-0.39, 0.29) is 5.37 Å². The summed E-state index contributed by atoms with van der Waals surface area (Å²) in [7, 11) is 0. The van der Waals surface area contributed by atoms with E-state index in [9.17, 15) is 0 Å². The van der Waals surface area contributed by atoms with Crippen LogP contribution in [0.15, 0.2) is 52.0 Å². The summed E-state index contributed by atoms with van der Waals surface area (Å²) in [5.41, 5.74) is 7.50. The van der Waals surface area contributed by atoms with Crippen molar-refractivity contribution in [3.8, 4) is 17.1 Å². The van der Waals surface area contributed by atoms with Gasteiger partial charge in [-0.05, 0) is 61.7 Å². The minimum atomic E-state index is 0.00803. The Balaban J connectivity index is 1.64. The van der Waals surface area contributed by atoms with Crippen LogP contribution in [0.2, 0.25) is 10.0 Å². The van der Waals surface area contributed by atoms with Crippen LogP contribution in [0.4, 0.5) is 0 Å². The molecule has 0 bridgehead atoms. The van der Waals surface area contributed by atoms with Crippen molar-refractivity contribution < 1.29 is 0 Å². The first-order chi connectivity index (χ1) is 15.5. The number of aromatic nitrogens is 2. The van der Waals surface area contributed by atoms with Gasteiger partial charge in [0, 0.05) is 32.4 Å². The van der Waals surface area contributed by atoms with Crippen molar-refractivity contribution in [1.29, 1.82) is 0 Å². The first-order valence-electron chi connectivity index (χ1n) is 10.9. The zero-order valence-corrected chi connectivity index (χ0v) is 21.5. The van der Waals surface area contributed by atoms with Crippen molar-refractivity contribution >= 4 is 55.9 Å². The van der Waals surface area contributed by atoms with Gasteiger partial charge in [0.2, 0.25) is 0 Å². The van der Waals surface area contributed by atoms with Gasteiger partial charge in [-0.1, -0.05) is 70.7 Å². The van der Waals surface area contributed by atoms with Crippen molar-refractivity contribution in [3.63, 3.8) is 0 Å². The SMILES string of the molecule is CCCc1c(C2NN=C(C3CCC3)S2)nc(-c2ccc(Cl)cc2Cl)n1-c1ccc(Br)cc1. The molecule has 2 heterocycles. The molecule has 1 atom stereocenters. The Hall–Kier alpha value is -1.47. The second-order valence-corrected chi connectivity index (χ2v) is 11.0. The minimum absolute atomic E-state index is 0.00803. The van der Waals surface area contributed by atoms with E-state index in [0.29, 0.717) is 16.0 Å². The molecule has 1 saturated carbocycles. The van der Waals surface area contributed by atoms with Gasteiger partial charge in [-0.3, -0.25) is 9.99 Å². The zero-order chi connectivity index (χ0) is 22.2. The van der Waals surface area contributed by atoms with Gasteiger partial charge in [0.25, 0.3) is 0 Å². The topological polar surface area (TPSA) is 42.2 Å². The van der Waals surface area contributed by atoms with Crippen LogP contribution < -0.4 is 5.43 Å². The first kappa shape index (κ1) is 22.3. The summed E-state index contributed by atoms with van der Waals surface area (Å²) < 4.78 is 3.28. The summed E-state index contributed by atoms with van der Waals surface area (Å²) in [6.45, 7) is 2.20. The van der Waals surface area contributed by atoms with Crippen LogP contribution in [0.25, 0.3) is 17.1 Å². The van der Waals surface area contributed by atoms with Crippen LogP contribution in [-0.2, 0) is 6.42 Å². The van der Waals surface area contributed by atoms with Crippen molar-refractivity contribution in [2.24, 2.45) is 11.0 Å². The van der Waals surface area contributed by atoms with Crippen molar-refractivity contribution in [2.45, 2.75) is 44.4 Å². The maximum atomic E-state index is 6.65. The van der Waals surface area contributed by atoms with Gasteiger partial charge in [0.05, 0.1) is 15.8 Å². The maximum Gasteiger partial charge on any atom is 0.146 e. The lowest BCUT2D eigenvalue weighted by Gasteiger charge is -2.24. The number of hydrazone groups is 1. The molecular formula is C24H23BrCl2N4S. The van der Waals surface area contributed by atoms with E-state index in [2.05, 4.69) is 62.2 Å². The standard InChI is InChI=1S/C24H23BrCl2N4S/c1-2-4-20-21(24-30-29-23(32-24)14-5-3-6-14)28-22(18-12-9-16(26)13-19(18)27)31(20)17-10-7-15(25)8-11-17/h7-14,24,30H,2-6H2,1H3. The Bertz CT molecular complexity index is 1170. The van der Waals surface area contributed by atoms with Crippen LogP contribution in [0.3, 0.4) is 0 Å². The highest BCUT2D eigenvalue weighted by molar-refractivity contribution is 9.10.